The molecule has 0 unspecified atom stereocenters. The van der Waals surface area contributed by atoms with Crippen molar-refractivity contribution in [1.29, 1.82) is 0 Å². The molecule has 3 aromatic rings. The number of hydrogen-bond donors (Lipinski definition) is 1. The van der Waals surface area contributed by atoms with Crippen LogP contribution in [-0.2, 0) is 6.54 Å². The van der Waals surface area contributed by atoms with Gasteiger partial charge < -0.3 is 14.8 Å². The van der Waals surface area contributed by atoms with Gasteiger partial charge in [-0.1, -0.05) is 24.3 Å². The first-order chi connectivity index (χ1) is 12.6. The zero-order chi connectivity index (χ0) is 18.5. The number of nitrogens with zero attached hydrogens (tertiary/aromatic N) is 2. The van der Waals surface area contributed by atoms with Crippen LogP contribution in [0.15, 0.2) is 54.9 Å². The molecule has 0 bridgehead atoms. The first-order valence-electron chi connectivity index (χ1n) is 7.90. The fourth-order valence-corrected chi connectivity index (χ4v) is 2.58. The minimum atomic E-state index is -0.384. The molecular weight excluding hydrogens is 337 g/mol. The molecule has 0 atom stereocenters. The average Bonchev–Trinajstić information content (AvgIpc) is 3.09. The fourth-order valence-electron chi connectivity index (χ4n) is 2.58. The number of anilines is 1. The number of hydrogen-bond acceptors (Lipinski definition) is 4. The summed E-state index contributed by atoms with van der Waals surface area (Å²) in [7, 11) is 2.97. The van der Waals surface area contributed by atoms with E-state index in [1.165, 1.54) is 26.5 Å². The van der Waals surface area contributed by atoms with Gasteiger partial charge in [-0.2, -0.15) is 5.10 Å². The molecule has 1 heterocycles. The Kier molecular flexibility index (Phi) is 5.17. The van der Waals surface area contributed by atoms with Crippen LogP contribution >= 0.6 is 0 Å². The second kappa shape index (κ2) is 7.69. The Labute approximate surface area is 150 Å². The first kappa shape index (κ1) is 17.5. The lowest BCUT2D eigenvalue weighted by atomic mass is 10.1. The number of halogens is 1. The minimum Gasteiger partial charge on any atom is -0.496 e. The Bertz CT molecular complexity index is 902. The summed E-state index contributed by atoms with van der Waals surface area (Å²) in [5.41, 5.74) is 1.29. The molecule has 2 aromatic carbocycles. The number of aromatic nitrogens is 2. The number of rotatable bonds is 6. The fraction of sp³-hybridized carbons (Fsp3) is 0.158. The predicted octanol–water partition coefficient (Wildman–Crippen LogP) is 3.34. The van der Waals surface area contributed by atoms with Crippen LogP contribution in [0.1, 0.15) is 15.9 Å². The molecular formula is C19H18FN3O3. The number of carbonyl (C=O) groups is 1. The molecule has 0 aliphatic carbocycles. The van der Waals surface area contributed by atoms with Crippen molar-refractivity contribution in [3.63, 3.8) is 0 Å². The van der Waals surface area contributed by atoms with Crippen LogP contribution in [0.25, 0.3) is 0 Å². The zero-order valence-electron chi connectivity index (χ0n) is 14.4. The number of methoxy groups -OCH3 is 2. The maximum absolute atomic E-state index is 13.7. The smallest absolute Gasteiger partial charge is 0.263 e. The minimum absolute atomic E-state index is 0.264. The third-order valence-corrected chi connectivity index (χ3v) is 3.84. The highest BCUT2D eigenvalue weighted by Gasteiger charge is 2.18. The van der Waals surface area contributed by atoms with Gasteiger partial charge >= 0.3 is 0 Å². The summed E-state index contributed by atoms with van der Waals surface area (Å²) in [5, 5.41) is 6.91. The average molecular weight is 355 g/mol. The predicted molar refractivity (Wildman–Crippen MR) is 95.2 cm³/mol. The van der Waals surface area contributed by atoms with Crippen LogP contribution in [0.5, 0.6) is 11.5 Å². The molecule has 0 radical (unpaired) electrons. The summed E-state index contributed by atoms with van der Waals surface area (Å²) < 4.78 is 25.8. The van der Waals surface area contributed by atoms with Crippen molar-refractivity contribution in [2.24, 2.45) is 0 Å². The zero-order valence-corrected chi connectivity index (χ0v) is 14.4. The molecule has 0 aliphatic rings. The SMILES string of the molecule is COc1cccc(OC)c1C(=O)Nc1cnn(Cc2ccccc2F)c1. The Hall–Kier alpha value is -3.35. The molecule has 0 spiro atoms. The summed E-state index contributed by atoms with van der Waals surface area (Å²) in [6.45, 7) is 0.264. The molecule has 3 rings (SSSR count). The highest BCUT2D eigenvalue weighted by atomic mass is 19.1. The molecule has 1 aromatic heterocycles. The maximum atomic E-state index is 13.7. The number of carbonyl (C=O) groups excluding carboxylic acids is 1. The molecule has 6 nitrogen and oxygen atoms in total. The van der Waals surface area contributed by atoms with Gasteiger partial charge in [0.2, 0.25) is 0 Å². The van der Waals surface area contributed by atoms with Crippen molar-refractivity contribution in [3.8, 4) is 11.5 Å². The highest BCUT2D eigenvalue weighted by molar-refractivity contribution is 6.08. The van der Waals surface area contributed by atoms with Gasteiger partial charge in [0.15, 0.2) is 0 Å². The monoisotopic (exact) mass is 355 g/mol. The Balaban J connectivity index is 1.78. The summed E-state index contributed by atoms with van der Waals surface area (Å²) in [6, 6.07) is 11.6. The van der Waals surface area contributed by atoms with E-state index in [-0.39, 0.29) is 18.3 Å². The lowest BCUT2D eigenvalue weighted by Gasteiger charge is -2.12. The molecule has 0 saturated carbocycles. The second-order valence-corrected chi connectivity index (χ2v) is 5.51. The van der Waals surface area contributed by atoms with Gasteiger partial charge in [-0.15, -0.1) is 0 Å². The third kappa shape index (κ3) is 3.66. The van der Waals surface area contributed by atoms with Crippen LogP contribution < -0.4 is 14.8 Å². The van der Waals surface area contributed by atoms with Gasteiger partial charge in [0.25, 0.3) is 5.91 Å². The van der Waals surface area contributed by atoms with Gasteiger partial charge in [-0.05, 0) is 18.2 Å². The van der Waals surface area contributed by atoms with E-state index >= 15 is 0 Å². The molecule has 7 heteroatoms. The normalized spacial score (nSPS) is 10.4. The van der Waals surface area contributed by atoms with Gasteiger partial charge in [-0.3, -0.25) is 9.48 Å². The number of benzene rings is 2. The Morgan fingerprint density at radius 2 is 1.81 bits per heavy atom. The molecule has 0 aliphatic heterocycles. The van der Waals surface area contributed by atoms with Crippen LogP contribution in [0.2, 0.25) is 0 Å². The first-order valence-corrected chi connectivity index (χ1v) is 7.90. The Morgan fingerprint density at radius 3 is 2.46 bits per heavy atom. The molecule has 1 amide bonds. The van der Waals surface area contributed by atoms with Crippen molar-refractivity contribution >= 4 is 11.6 Å². The summed E-state index contributed by atoms with van der Waals surface area (Å²) in [5.74, 6) is 0.123. The number of nitrogens with one attached hydrogen (secondary N) is 1. The molecule has 0 fully saturated rings. The van der Waals surface area contributed by atoms with Crippen molar-refractivity contribution in [3.05, 3.63) is 71.8 Å². The van der Waals surface area contributed by atoms with E-state index in [4.69, 9.17) is 9.47 Å². The molecule has 26 heavy (non-hydrogen) atoms. The van der Waals surface area contributed by atoms with Crippen LogP contribution in [0, 0.1) is 5.82 Å². The van der Waals surface area contributed by atoms with Crippen molar-refractivity contribution in [2.45, 2.75) is 6.54 Å². The lowest BCUT2D eigenvalue weighted by Crippen LogP contribution is -2.14. The highest BCUT2D eigenvalue weighted by Crippen LogP contribution is 2.29. The van der Waals surface area contributed by atoms with Crippen molar-refractivity contribution in [1.82, 2.24) is 9.78 Å². The summed E-state index contributed by atoms with van der Waals surface area (Å²) in [6.07, 6.45) is 3.13. The van der Waals surface area contributed by atoms with Crippen LogP contribution in [0.3, 0.4) is 0 Å². The van der Waals surface area contributed by atoms with E-state index in [0.717, 1.165) is 0 Å². The summed E-state index contributed by atoms with van der Waals surface area (Å²) >= 11 is 0. The van der Waals surface area contributed by atoms with Crippen LogP contribution in [-0.4, -0.2) is 29.9 Å². The molecule has 134 valence electrons. The van der Waals surface area contributed by atoms with E-state index in [1.54, 1.807) is 47.3 Å². The van der Waals surface area contributed by atoms with Gasteiger partial charge in [0.05, 0.1) is 32.6 Å². The topological polar surface area (TPSA) is 65.4 Å². The number of amides is 1. The number of ether oxygens (including phenoxy) is 2. The third-order valence-electron chi connectivity index (χ3n) is 3.84. The van der Waals surface area contributed by atoms with E-state index < -0.39 is 0 Å². The lowest BCUT2D eigenvalue weighted by molar-refractivity contribution is 0.102. The van der Waals surface area contributed by atoms with E-state index in [1.807, 2.05) is 0 Å². The van der Waals surface area contributed by atoms with Crippen LogP contribution in [0.4, 0.5) is 10.1 Å². The molecule has 0 saturated heterocycles. The van der Waals surface area contributed by atoms with Crippen molar-refractivity contribution < 1.29 is 18.7 Å². The van der Waals surface area contributed by atoms with E-state index in [2.05, 4.69) is 10.4 Å². The molecule has 1 N–H and O–H groups in total. The van der Waals surface area contributed by atoms with E-state index in [0.29, 0.717) is 28.3 Å². The van der Waals surface area contributed by atoms with Gasteiger partial charge in [0.1, 0.15) is 22.9 Å². The van der Waals surface area contributed by atoms with Gasteiger partial charge in [0, 0.05) is 11.8 Å². The van der Waals surface area contributed by atoms with Gasteiger partial charge in [-0.25, -0.2) is 4.39 Å². The largest absolute Gasteiger partial charge is 0.496 e. The second-order valence-electron chi connectivity index (χ2n) is 5.51. The maximum Gasteiger partial charge on any atom is 0.263 e. The van der Waals surface area contributed by atoms with Crippen molar-refractivity contribution in [2.75, 3.05) is 19.5 Å². The van der Waals surface area contributed by atoms with E-state index in [9.17, 15) is 9.18 Å². The standard InChI is InChI=1S/C19H18FN3O3/c1-25-16-8-5-9-17(26-2)18(16)19(24)22-14-10-21-23(12-14)11-13-6-3-4-7-15(13)20/h3-10,12H,11H2,1-2H3,(H,22,24). The summed E-state index contributed by atoms with van der Waals surface area (Å²) in [4.78, 5) is 12.6. The Morgan fingerprint density at radius 1 is 1.12 bits per heavy atom. The quantitative estimate of drug-likeness (QED) is 0.736.